The zero-order chi connectivity index (χ0) is 12.3. The van der Waals surface area contributed by atoms with Crippen molar-refractivity contribution in [3.8, 4) is 6.07 Å². The van der Waals surface area contributed by atoms with Gasteiger partial charge in [-0.15, -0.1) is 0 Å². The van der Waals surface area contributed by atoms with Gasteiger partial charge in [-0.05, 0) is 24.6 Å². The molecule has 0 saturated carbocycles. The summed E-state index contributed by atoms with van der Waals surface area (Å²) < 4.78 is 13.5. The maximum absolute atomic E-state index is 13.5. The van der Waals surface area contributed by atoms with Gasteiger partial charge in [-0.3, -0.25) is 4.79 Å². The minimum atomic E-state index is -0.547. The van der Waals surface area contributed by atoms with Gasteiger partial charge >= 0.3 is 0 Å². The second kappa shape index (κ2) is 4.83. The van der Waals surface area contributed by atoms with Gasteiger partial charge in [0.25, 0.3) is 0 Å². The number of carbonyl (C=O) groups is 1. The predicted octanol–water partition coefficient (Wildman–Crippen LogP) is 1.02. The fourth-order valence-electron chi connectivity index (χ4n) is 1.82. The third-order valence-electron chi connectivity index (χ3n) is 2.70. The van der Waals surface area contributed by atoms with E-state index in [4.69, 9.17) is 5.26 Å². The Morgan fingerprint density at radius 1 is 1.47 bits per heavy atom. The molecule has 1 aliphatic rings. The number of nitrogens with one attached hydrogen (secondary N) is 1. The lowest BCUT2D eigenvalue weighted by molar-refractivity contribution is -0.119. The minimum Gasteiger partial charge on any atom is -0.362 e. The number of amides is 1. The molecule has 0 unspecified atom stereocenters. The number of hydrogen-bond acceptors (Lipinski definition) is 3. The van der Waals surface area contributed by atoms with Crippen molar-refractivity contribution in [3.63, 3.8) is 0 Å². The molecule has 4 nitrogen and oxygen atoms in total. The smallest absolute Gasteiger partial charge is 0.239 e. The van der Waals surface area contributed by atoms with Gasteiger partial charge in [0, 0.05) is 18.8 Å². The summed E-state index contributed by atoms with van der Waals surface area (Å²) in [6.45, 7) is 1.57. The maximum atomic E-state index is 13.5. The topological polar surface area (TPSA) is 56.1 Å². The number of halogens is 1. The Balaban J connectivity index is 2.24. The van der Waals surface area contributed by atoms with E-state index in [2.05, 4.69) is 5.32 Å². The number of hydrogen-bond donors (Lipinski definition) is 1. The fraction of sp³-hybridized carbons (Fsp3) is 0.333. The van der Waals surface area contributed by atoms with E-state index in [1.807, 2.05) is 4.90 Å². The molecule has 1 aromatic carbocycles. The van der Waals surface area contributed by atoms with Crippen molar-refractivity contribution in [2.75, 3.05) is 24.5 Å². The van der Waals surface area contributed by atoms with Gasteiger partial charge in [-0.1, -0.05) is 0 Å². The Kier molecular flexibility index (Phi) is 3.24. The minimum absolute atomic E-state index is 0.0213. The van der Waals surface area contributed by atoms with Crippen LogP contribution in [0.4, 0.5) is 10.1 Å². The Hall–Kier alpha value is -2.09. The molecule has 0 bridgehead atoms. The van der Waals surface area contributed by atoms with Crippen molar-refractivity contribution in [1.82, 2.24) is 5.32 Å². The molecule has 1 saturated heterocycles. The van der Waals surface area contributed by atoms with Crippen LogP contribution in [-0.2, 0) is 4.79 Å². The van der Waals surface area contributed by atoms with Crippen molar-refractivity contribution >= 4 is 11.6 Å². The molecule has 1 N–H and O–H groups in total. The molecule has 0 aromatic heterocycles. The van der Waals surface area contributed by atoms with Crippen LogP contribution < -0.4 is 10.2 Å². The number of nitriles is 1. The van der Waals surface area contributed by atoms with Crippen molar-refractivity contribution in [1.29, 1.82) is 5.26 Å². The summed E-state index contributed by atoms with van der Waals surface area (Å²) in [5.41, 5.74) is 0.659. The summed E-state index contributed by atoms with van der Waals surface area (Å²) >= 11 is 0. The average Bonchev–Trinajstić information content (AvgIpc) is 2.54. The molecule has 88 valence electrons. The predicted molar refractivity (Wildman–Crippen MR) is 61.0 cm³/mol. The third kappa shape index (κ3) is 2.53. The first-order valence-electron chi connectivity index (χ1n) is 5.42. The highest BCUT2D eigenvalue weighted by Crippen LogP contribution is 2.19. The van der Waals surface area contributed by atoms with Crippen LogP contribution in [0.1, 0.15) is 12.0 Å². The number of rotatable bonds is 1. The molecule has 5 heteroatoms. The molecule has 0 radical (unpaired) electrons. The quantitative estimate of drug-likeness (QED) is 0.788. The number of carbonyl (C=O) groups excluding carboxylic acids is 1. The number of nitrogens with zero attached hydrogens (tertiary/aromatic N) is 2. The molecule has 1 amide bonds. The van der Waals surface area contributed by atoms with Crippen LogP contribution in [0.3, 0.4) is 0 Å². The van der Waals surface area contributed by atoms with Crippen molar-refractivity contribution in [2.45, 2.75) is 6.42 Å². The van der Waals surface area contributed by atoms with Crippen LogP contribution >= 0.6 is 0 Å². The van der Waals surface area contributed by atoms with Crippen LogP contribution in [0.15, 0.2) is 18.2 Å². The van der Waals surface area contributed by atoms with Crippen molar-refractivity contribution in [2.24, 2.45) is 0 Å². The van der Waals surface area contributed by atoms with Crippen LogP contribution in [0, 0.1) is 17.1 Å². The van der Waals surface area contributed by atoms with E-state index in [0.29, 0.717) is 18.8 Å². The Bertz CT molecular complexity index is 481. The summed E-state index contributed by atoms with van der Waals surface area (Å²) in [6, 6.07) is 6.18. The standard InChI is InChI=1S/C12H12FN3O/c13-11-6-10(3-2-9(11)7-14)16-5-1-4-15-12(17)8-16/h2-3,6H,1,4-5,8H2,(H,15,17). The molecule has 0 spiro atoms. The van der Waals surface area contributed by atoms with Gasteiger partial charge in [0.2, 0.25) is 5.91 Å². The zero-order valence-electron chi connectivity index (χ0n) is 9.24. The van der Waals surface area contributed by atoms with Gasteiger partial charge in [0.1, 0.15) is 11.9 Å². The molecule has 0 aliphatic carbocycles. The summed E-state index contributed by atoms with van der Waals surface area (Å²) in [6.07, 6.45) is 0.827. The van der Waals surface area contributed by atoms with Crippen LogP contribution in [0.25, 0.3) is 0 Å². The highest BCUT2D eigenvalue weighted by molar-refractivity contribution is 5.81. The molecule has 1 aromatic rings. The maximum Gasteiger partial charge on any atom is 0.239 e. The van der Waals surface area contributed by atoms with E-state index >= 15 is 0 Å². The Labute approximate surface area is 98.6 Å². The molecule has 1 aliphatic heterocycles. The number of anilines is 1. The Morgan fingerprint density at radius 3 is 3.00 bits per heavy atom. The first kappa shape index (κ1) is 11.4. The third-order valence-corrected chi connectivity index (χ3v) is 2.70. The average molecular weight is 233 g/mol. The van der Waals surface area contributed by atoms with Gasteiger partial charge in [0.05, 0.1) is 12.1 Å². The van der Waals surface area contributed by atoms with E-state index in [0.717, 1.165) is 6.42 Å². The number of benzene rings is 1. The van der Waals surface area contributed by atoms with Gasteiger partial charge in [-0.2, -0.15) is 5.26 Å². The van der Waals surface area contributed by atoms with Crippen molar-refractivity contribution < 1.29 is 9.18 Å². The van der Waals surface area contributed by atoms with Gasteiger partial charge in [0.15, 0.2) is 0 Å². The highest BCUT2D eigenvalue weighted by atomic mass is 19.1. The van der Waals surface area contributed by atoms with E-state index in [9.17, 15) is 9.18 Å². The fourth-order valence-corrected chi connectivity index (χ4v) is 1.82. The van der Waals surface area contributed by atoms with E-state index in [1.165, 1.54) is 12.1 Å². The first-order chi connectivity index (χ1) is 8.20. The monoisotopic (exact) mass is 233 g/mol. The zero-order valence-corrected chi connectivity index (χ0v) is 9.24. The lowest BCUT2D eigenvalue weighted by atomic mass is 10.2. The highest BCUT2D eigenvalue weighted by Gasteiger charge is 2.16. The van der Waals surface area contributed by atoms with E-state index in [1.54, 1.807) is 12.1 Å². The largest absolute Gasteiger partial charge is 0.362 e. The molecule has 0 atom stereocenters. The molecular weight excluding hydrogens is 221 g/mol. The second-order valence-corrected chi connectivity index (χ2v) is 3.90. The summed E-state index contributed by atoms with van der Waals surface area (Å²) in [5, 5.41) is 11.4. The summed E-state index contributed by atoms with van der Waals surface area (Å²) in [7, 11) is 0. The van der Waals surface area contributed by atoms with Gasteiger partial charge < -0.3 is 10.2 Å². The lowest BCUT2D eigenvalue weighted by Crippen LogP contribution is -2.33. The SMILES string of the molecule is N#Cc1ccc(N2CCCNC(=O)C2)cc1F. The van der Waals surface area contributed by atoms with Crippen LogP contribution in [-0.4, -0.2) is 25.5 Å². The van der Waals surface area contributed by atoms with E-state index in [-0.39, 0.29) is 18.0 Å². The molecule has 2 rings (SSSR count). The summed E-state index contributed by atoms with van der Waals surface area (Å²) in [5.74, 6) is -0.609. The summed E-state index contributed by atoms with van der Waals surface area (Å²) in [4.78, 5) is 13.2. The molecular formula is C12H12FN3O. The second-order valence-electron chi connectivity index (χ2n) is 3.90. The first-order valence-corrected chi connectivity index (χ1v) is 5.42. The van der Waals surface area contributed by atoms with E-state index < -0.39 is 5.82 Å². The van der Waals surface area contributed by atoms with Crippen LogP contribution in [0.5, 0.6) is 0 Å². The Morgan fingerprint density at radius 2 is 2.29 bits per heavy atom. The van der Waals surface area contributed by atoms with Crippen molar-refractivity contribution in [3.05, 3.63) is 29.6 Å². The van der Waals surface area contributed by atoms with Crippen LogP contribution in [0.2, 0.25) is 0 Å². The lowest BCUT2D eigenvalue weighted by Gasteiger charge is -2.21. The van der Waals surface area contributed by atoms with Gasteiger partial charge in [-0.25, -0.2) is 4.39 Å². The normalized spacial score (nSPS) is 16.0. The molecule has 1 heterocycles. The molecule has 1 fully saturated rings. The molecule has 17 heavy (non-hydrogen) atoms.